The van der Waals surface area contributed by atoms with Crippen molar-refractivity contribution in [2.75, 3.05) is 45.7 Å². The van der Waals surface area contributed by atoms with Crippen molar-refractivity contribution >= 4 is 29.5 Å². The number of thioether (sulfide) groups is 1. The zero-order chi connectivity index (χ0) is 17.2. The van der Waals surface area contributed by atoms with Crippen LogP contribution >= 0.6 is 11.8 Å². The molecule has 0 heterocycles. The first-order valence-electron chi connectivity index (χ1n) is 7.18. The van der Waals surface area contributed by atoms with Crippen LogP contribution < -0.4 is 16.0 Å². The summed E-state index contributed by atoms with van der Waals surface area (Å²) in [6.07, 6.45) is 2.01. The lowest BCUT2D eigenvalue weighted by Crippen LogP contribution is -2.45. The minimum absolute atomic E-state index is 0.0159. The standard InChI is InChI=1S/C14H29N5O2S/c1-14(2,3)18-11(20)9-16-13(15-7-8-22-6)17-10-12(21)19(4)5/h7-10H2,1-6H3,(H,18,20)(H2,15,16,17). The predicted molar refractivity (Wildman–Crippen MR) is 93.3 cm³/mol. The highest BCUT2D eigenvalue weighted by Crippen LogP contribution is 1.97. The molecule has 3 N–H and O–H groups in total. The molecule has 0 unspecified atom stereocenters. The number of hydrogen-bond acceptors (Lipinski definition) is 4. The van der Waals surface area contributed by atoms with Crippen LogP contribution in [0.1, 0.15) is 20.8 Å². The van der Waals surface area contributed by atoms with E-state index in [1.54, 1.807) is 25.9 Å². The van der Waals surface area contributed by atoms with E-state index in [0.717, 1.165) is 5.75 Å². The van der Waals surface area contributed by atoms with Gasteiger partial charge in [-0.1, -0.05) is 0 Å². The SMILES string of the molecule is CSCCNC(=NCC(=O)NC(C)(C)C)NCC(=O)N(C)C. The van der Waals surface area contributed by atoms with E-state index in [4.69, 9.17) is 0 Å². The number of likely N-dealkylation sites (N-methyl/N-ethyl adjacent to an activating group) is 1. The van der Waals surface area contributed by atoms with Gasteiger partial charge in [-0.25, -0.2) is 4.99 Å². The lowest BCUT2D eigenvalue weighted by molar-refractivity contribution is -0.127. The van der Waals surface area contributed by atoms with Crippen LogP contribution in [0.5, 0.6) is 0 Å². The molecular weight excluding hydrogens is 302 g/mol. The Morgan fingerprint density at radius 3 is 2.32 bits per heavy atom. The van der Waals surface area contributed by atoms with Crippen molar-refractivity contribution in [3.05, 3.63) is 0 Å². The third-order valence-corrected chi connectivity index (χ3v) is 3.01. The van der Waals surface area contributed by atoms with Crippen LogP contribution in [0.15, 0.2) is 4.99 Å². The number of guanidine groups is 1. The number of rotatable bonds is 7. The van der Waals surface area contributed by atoms with Crippen LogP contribution in [0.2, 0.25) is 0 Å². The molecular formula is C14H29N5O2S. The highest BCUT2D eigenvalue weighted by molar-refractivity contribution is 7.98. The molecule has 0 aliphatic carbocycles. The van der Waals surface area contributed by atoms with E-state index in [9.17, 15) is 9.59 Å². The number of hydrogen-bond donors (Lipinski definition) is 3. The zero-order valence-corrected chi connectivity index (χ0v) is 15.3. The molecule has 0 saturated heterocycles. The molecule has 0 spiro atoms. The molecule has 0 aromatic carbocycles. The fourth-order valence-electron chi connectivity index (χ4n) is 1.37. The summed E-state index contributed by atoms with van der Waals surface area (Å²) in [6, 6.07) is 0. The van der Waals surface area contributed by atoms with Gasteiger partial charge in [0.1, 0.15) is 6.54 Å². The molecule has 22 heavy (non-hydrogen) atoms. The van der Waals surface area contributed by atoms with Crippen LogP contribution in [0.25, 0.3) is 0 Å². The van der Waals surface area contributed by atoms with Gasteiger partial charge in [0.05, 0.1) is 6.54 Å². The first-order chi connectivity index (χ1) is 10.2. The predicted octanol–water partition coefficient (Wildman–Crippen LogP) is -0.112. The van der Waals surface area contributed by atoms with Gasteiger partial charge in [-0.3, -0.25) is 9.59 Å². The molecule has 128 valence electrons. The van der Waals surface area contributed by atoms with Gasteiger partial charge in [-0.05, 0) is 27.0 Å². The van der Waals surface area contributed by atoms with Gasteiger partial charge < -0.3 is 20.9 Å². The second-order valence-electron chi connectivity index (χ2n) is 6.02. The third kappa shape index (κ3) is 11.2. The molecule has 0 aromatic rings. The fourth-order valence-corrected chi connectivity index (χ4v) is 1.68. The van der Waals surface area contributed by atoms with Crippen LogP contribution in [-0.4, -0.2) is 74.0 Å². The number of carbonyl (C=O) groups is 2. The lowest BCUT2D eigenvalue weighted by Gasteiger charge is -2.20. The van der Waals surface area contributed by atoms with Crippen LogP contribution in [0.3, 0.4) is 0 Å². The van der Waals surface area contributed by atoms with E-state index in [0.29, 0.717) is 12.5 Å². The zero-order valence-electron chi connectivity index (χ0n) is 14.4. The van der Waals surface area contributed by atoms with Gasteiger partial charge >= 0.3 is 0 Å². The van der Waals surface area contributed by atoms with Gasteiger partial charge in [-0.15, -0.1) is 0 Å². The Bertz CT molecular complexity index is 391. The Balaban J connectivity index is 4.52. The minimum Gasteiger partial charge on any atom is -0.356 e. The lowest BCUT2D eigenvalue weighted by atomic mass is 10.1. The first-order valence-corrected chi connectivity index (χ1v) is 8.57. The van der Waals surface area contributed by atoms with Crippen molar-refractivity contribution in [1.82, 2.24) is 20.9 Å². The number of nitrogens with one attached hydrogen (secondary N) is 3. The number of aliphatic imine (C=N–C) groups is 1. The maximum absolute atomic E-state index is 11.8. The van der Waals surface area contributed by atoms with E-state index in [1.165, 1.54) is 4.90 Å². The molecule has 0 aliphatic heterocycles. The van der Waals surface area contributed by atoms with Gasteiger partial charge in [0.15, 0.2) is 5.96 Å². The fraction of sp³-hybridized carbons (Fsp3) is 0.786. The molecule has 0 fully saturated rings. The smallest absolute Gasteiger partial charge is 0.242 e. The summed E-state index contributed by atoms with van der Waals surface area (Å²) >= 11 is 1.71. The summed E-state index contributed by atoms with van der Waals surface area (Å²) < 4.78 is 0. The topological polar surface area (TPSA) is 85.8 Å². The average molecular weight is 331 g/mol. The quantitative estimate of drug-likeness (QED) is 0.344. The van der Waals surface area contributed by atoms with Crippen molar-refractivity contribution in [2.45, 2.75) is 26.3 Å². The molecule has 0 radical (unpaired) electrons. The molecule has 0 saturated carbocycles. The first kappa shape index (κ1) is 20.6. The summed E-state index contributed by atoms with van der Waals surface area (Å²) in [6.45, 7) is 6.62. The Morgan fingerprint density at radius 1 is 1.18 bits per heavy atom. The van der Waals surface area contributed by atoms with Crippen LogP contribution in [-0.2, 0) is 9.59 Å². The minimum atomic E-state index is -0.284. The summed E-state index contributed by atoms with van der Waals surface area (Å²) in [4.78, 5) is 29.1. The monoisotopic (exact) mass is 331 g/mol. The summed E-state index contributed by atoms with van der Waals surface area (Å²) in [5, 5.41) is 8.88. The van der Waals surface area contributed by atoms with Gasteiger partial charge in [0.2, 0.25) is 11.8 Å². The normalized spacial score (nSPS) is 11.8. The highest BCUT2D eigenvalue weighted by atomic mass is 32.2. The van der Waals surface area contributed by atoms with E-state index >= 15 is 0 Å². The largest absolute Gasteiger partial charge is 0.356 e. The molecule has 0 rings (SSSR count). The molecule has 0 aromatic heterocycles. The van der Waals surface area contributed by atoms with Crippen molar-refractivity contribution in [2.24, 2.45) is 4.99 Å². The van der Waals surface area contributed by atoms with E-state index < -0.39 is 0 Å². The van der Waals surface area contributed by atoms with Crippen LogP contribution in [0, 0.1) is 0 Å². The molecule has 7 nitrogen and oxygen atoms in total. The molecule has 2 amide bonds. The van der Waals surface area contributed by atoms with E-state index in [1.807, 2.05) is 27.0 Å². The van der Waals surface area contributed by atoms with Crippen molar-refractivity contribution in [3.63, 3.8) is 0 Å². The molecule has 8 heteroatoms. The molecule has 0 aliphatic rings. The summed E-state index contributed by atoms with van der Waals surface area (Å²) in [5.74, 6) is 1.17. The van der Waals surface area contributed by atoms with Gasteiger partial charge in [0, 0.05) is 31.9 Å². The summed E-state index contributed by atoms with van der Waals surface area (Å²) in [5.41, 5.74) is -0.284. The van der Waals surface area contributed by atoms with E-state index in [-0.39, 0.29) is 30.4 Å². The van der Waals surface area contributed by atoms with Crippen LogP contribution in [0.4, 0.5) is 0 Å². The Kier molecular flexibility index (Phi) is 9.64. The Labute approximate surface area is 137 Å². The average Bonchev–Trinajstić information content (AvgIpc) is 2.38. The summed E-state index contributed by atoms with van der Waals surface area (Å²) in [7, 11) is 3.39. The number of carbonyl (C=O) groups excluding carboxylic acids is 2. The van der Waals surface area contributed by atoms with Gasteiger partial charge in [-0.2, -0.15) is 11.8 Å². The van der Waals surface area contributed by atoms with Crippen molar-refractivity contribution in [1.29, 1.82) is 0 Å². The Hall–Kier alpha value is -1.44. The van der Waals surface area contributed by atoms with Crippen molar-refractivity contribution in [3.8, 4) is 0 Å². The molecule has 0 bridgehead atoms. The maximum Gasteiger partial charge on any atom is 0.242 e. The molecule has 0 atom stereocenters. The maximum atomic E-state index is 11.8. The van der Waals surface area contributed by atoms with Crippen molar-refractivity contribution < 1.29 is 9.59 Å². The van der Waals surface area contributed by atoms with E-state index in [2.05, 4.69) is 20.9 Å². The second kappa shape index (κ2) is 10.3. The van der Waals surface area contributed by atoms with Gasteiger partial charge in [0.25, 0.3) is 0 Å². The third-order valence-electron chi connectivity index (χ3n) is 2.40. The second-order valence-corrected chi connectivity index (χ2v) is 7.01. The highest BCUT2D eigenvalue weighted by Gasteiger charge is 2.13. The number of amides is 2. The number of nitrogens with zero attached hydrogens (tertiary/aromatic N) is 2. The Morgan fingerprint density at radius 2 is 1.82 bits per heavy atom.